The number of rotatable bonds is 4. The maximum atomic E-state index is 12.8. The Morgan fingerprint density at radius 3 is 2.29 bits per heavy atom. The molecule has 0 aromatic heterocycles. The van der Waals surface area contributed by atoms with Gasteiger partial charge in [0.05, 0.1) is 5.60 Å². The van der Waals surface area contributed by atoms with Crippen molar-refractivity contribution in [2.24, 2.45) is 0 Å². The van der Waals surface area contributed by atoms with E-state index in [0.717, 1.165) is 19.9 Å². The third-order valence-electron chi connectivity index (χ3n) is 2.97. The van der Waals surface area contributed by atoms with Crippen LogP contribution in [0.2, 0.25) is 0 Å². The molecule has 1 fully saturated rings. The van der Waals surface area contributed by atoms with E-state index in [1.54, 1.807) is 0 Å². The lowest BCUT2D eigenvalue weighted by Gasteiger charge is -2.30. The van der Waals surface area contributed by atoms with Crippen LogP contribution in [0.15, 0.2) is 0 Å². The van der Waals surface area contributed by atoms with E-state index in [1.165, 1.54) is 0 Å². The van der Waals surface area contributed by atoms with Crippen LogP contribution >= 0.6 is 0 Å². The van der Waals surface area contributed by atoms with Gasteiger partial charge in [0, 0.05) is 13.6 Å². The maximum absolute atomic E-state index is 12.8. The predicted molar refractivity (Wildman–Crippen MR) is 52.0 cm³/mol. The third-order valence-corrected chi connectivity index (χ3v) is 2.97. The third kappa shape index (κ3) is 3.08. The smallest absolute Gasteiger partial charge is 0.383 e. The molecule has 0 radical (unpaired) electrons. The van der Waals surface area contributed by atoms with Crippen LogP contribution in [0.25, 0.3) is 0 Å². The number of hydrogen-bond acceptors (Lipinski definition) is 2. The molecule has 0 heterocycles. The fourth-order valence-electron chi connectivity index (χ4n) is 2.05. The van der Waals surface area contributed by atoms with E-state index < -0.39 is 23.9 Å². The van der Waals surface area contributed by atoms with E-state index >= 15 is 0 Å². The lowest BCUT2D eigenvalue weighted by Crippen LogP contribution is -2.50. The highest BCUT2D eigenvalue weighted by molar-refractivity contribution is 5.83. The van der Waals surface area contributed by atoms with Gasteiger partial charge in [0.25, 0.3) is 5.91 Å². The van der Waals surface area contributed by atoms with Gasteiger partial charge in [0.1, 0.15) is 0 Å². The molecule has 0 saturated heterocycles. The molecule has 0 aromatic carbocycles. The van der Waals surface area contributed by atoms with Gasteiger partial charge in [-0.2, -0.15) is 8.78 Å². The van der Waals surface area contributed by atoms with Crippen LogP contribution < -0.4 is 0 Å². The highest BCUT2D eigenvalue weighted by atomic mass is 19.3. The van der Waals surface area contributed by atoms with E-state index in [9.17, 15) is 27.5 Å². The van der Waals surface area contributed by atoms with Crippen molar-refractivity contribution in [3.05, 3.63) is 0 Å². The first-order valence-electron chi connectivity index (χ1n) is 5.33. The Kier molecular flexibility index (Phi) is 4.01. The van der Waals surface area contributed by atoms with E-state index in [0.29, 0.717) is 17.7 Å². The fraction of sp³-hybridized carbons (Fsp3) is 0.900. The normalized spacial score (nSPS) is 19.7. The van der Waals surface area contributed by atoms with Crippen LogP contribution in [0.4, 0.5) is 17.6 Å². The first-order valence-corrected chi connectivity index (χ1v) is 5.33. The molecule has 1 aliphatic carbocycles. The van der Waals surface area contributed by atoms with Crippen LogP contribution in [0.3, 0.4) is 0 Å². The van der Waals surface area contributed by atoms with Crippen molar-refractivity contribution < 1.29 is 27.5 Å². The van der Waals surface area contributed by atoms with Gasteiger partial charge in [-0.1, -0.05) is 12.8 Å². The van der Waals surface area contributed by atoms with Crippen molar-refractivity contribution >= 4 is 5.91 Å². The molecule has 7 heteroatoms. The number of alkyl halides is 4. The molecule has 0 aromatic rings. The zero-order chi connectivity index (χ0) is 13.3. The van der Waals surface area contributed by atoms with Crippen molar-refractivity contribution in [2.45, 2.75) is 43.6 Å². The SMILES string of the molecule is CN(CC1(O)CCCC1)C(=O)C(F)(F)C(F)F. The number of halogens is 4. The van der Waals surface area contributed by atoms with Crippen LogP contribution in [-0.2, 0) is 4.79 Å². The molecule has 0 spiro atoms. The molecule has 3 nitrogen and oxygen atoms in total. The number of hydrogen-bond donors (Lipinski definition) is 1. The zero-order valence-corrected chi connectivity index (χ0v) is 9.43. The number of likely N-dealkylation sites (N-methyl/N-ethyl adjacent to an activating group) is 1. The molecule has 1 rings (SSSR count). The first-order chi connectivity index (χ1) is 7.69. The lowest BCUT2D eigenvalue weighted by atomic mass is 10.0. The minimum absolute atomic E-state index is 0.339. The summed E-state index contributed by atoms with van der Waals surface area (Å²) in [5.41, 5.74) is -1.22. The van der Waals surface area contributed by atoms with Gasteiger partial charge < -0.3 is 10.0 Å². The summed E-state index contributed by atoms with van der Waals surface area (Å²) in [5, 5.41) is 9.89. The fourth-order valence-corrected chi connectivity index (χ4v) is 2.05. The van der Waals surface area contributed by atoms with Gasteiger partial charge in [-0.3, -0.25) is 4.79 Å². The van der Waals surface area contributed by atoms with Gasteiger partial charge >= 0.3 is 12.3 Å². The standard InChI is InChI=1S/C10H15F4NO2/c1-15(6-9(17)4-2-3-5-9)8(16)10(13,14)7(11)12/h7,17H,2-6H2,1H3. The Balaban J connectivity index is 2.64. The monoisotopic (exact) mass is 257 g/mol. The minimum Gasteiger partial charge on any atom is -0.388 e. The van der Waals surface area contributed by atoms with E-state index in [1.807, 2.05) is 0 Å². The average Bonchev–Trinajstić information content (AvgIpc) is 2.63. The summed E-state index contributed by atoms with van der Waals surface area (Å²) in [6.45, 7) is -0.339. The summed E-state index contributed by atoms with van der Waals surface area (Å²) in [5.74, 6) is -6.64. The van der Waals surface area contributed by atoms with E-state index in [-0.39, 0.29) is 6.54 Å². The molecular weight excluding hydrogens is 242 g/mol. The first kappa shape index (κ1) is 14.2. The van der Waals surface area contributed by atoms with Crippen LogP contribution in [0, 0.1) is 0 Å². The van der Waals surface area contributed by atoms with Crippen molar-refractivity contribution in [1.29, 1.82) is 0 Å². The Labute approximate surface area is 96.4 Å². The Bertz CT molecular complexity index is 290. The van der Waals surface area contributed by atoms with Crippen molar-refractivity contribution in [2.75, 3.05) is 13.6 Å². The molecule has 1 aliphatic rings. The van der Waals surface area contributed by atoms with Gasteiger partial charge in [-0.15, -0.1) is 0 Å². The predicted octanol–water partition coefficient (Wildman–Crippen LogP) is 1.65. The molecule has 0 unspecified atom stereocenters. The quantitative estimate of drug-likeness (QED) is 0.778. The molecule has 1 saturated carbocycles. The minimum atomic E-state index is -4.69. The largest absolute Gasteiger partial charge is 0.388 e. The van der Waals surface area contributed by atoms with Gasteiger partial charge in [-0.25, -0.2) is 8.78 Å². The summed E-state index contributed by atoms with van der Waals surface area (Å²) in [7, 11) is 0.995. The van der Waals surface area contributed by atoms with Crippen molar-refractivity contribution in [3.63, 3.8) is 0 Å². The summed E-state index contributed by atoms with van der Waals surface area (Å²) >= 11 is 0. The average molecular weight is 257 g/mol. The molecule has 0 atom stereocenters. The van der Waals surface area contributed by atoms with Crippen molar-refractivity contribution in [1.82, 2.24) is 4.90 Å². The number of aliphatic hydroxyl groups is 1. The number of carbonyl (C=O) groups excluding carboxylic acids is 1. The highest BCUT2D eigenvalue weighted by Gasteiger charge is 2.51. The molecule has 1 N–H and O–H groups in total. The van der Waals surface area contributed by atoms with Crippen molar-refractivity contribution in [3.8, 4) is 0 Å². The lowest BCUT2D eigenvalue weighted by molar-refractivity contribution is -0.181. The second-order valence-corrected chi connectivity index (χ2v) is 4.52. The number of carbonyl (C=O) groups is 1. The molecular formula is C10H15F4NO2. The maximum Gasteiger partial charge on any atom is 0.383 e. The topological polar surface area (TPSA) is 40.5 Å². The summed E-state index contributed by atoms with van der Waals surface area (Å²) in [4.78, 5) is 11.6. The Morgan fingerprint density at radius 2 is 1.88 bits per heavy atom. The van der Waals surface area contributed by atoms with Gasteiger partial charge in [-0.05, 0) is 12.8 Å². The second kappa shape index (κ2) is 4.80. The van der Waals surface area contributed by atoms with E-state index in [2.05, 4.69) is 0 Å². The Hall–Kier alpha value is -0.850. The molecule has 17 heavy (non-hydrogen) atoms. The molecule has 0 aliphatic heterocycles. The van der Waals surface area contributed by atoms with Crippen LogP contribution in [0.5, 0.6) is 0 Å². The summed E-state index contributed by atoms with van der Waals surface area (Å²) < 4.78 is 49.5. The molecule has 0 bridgehead atoms. The van der Waals surface area contributed by atoms with Gasteiger partial charge in [0.2, 0.25) is 0 Å². The number of amides is 1. The number of nitrogens with zero attached hydrogens (tertiary/aromatic N) is 1. The second-order valence-electron chi connectivity index (χ2n) is 4.52. The van der Waals surface area contributed by atoms with Gasteiger partial charge in [0.15, 0.2) is 0 Å². The van der Waals surface area contributed by atoms with Crippen LogP contribution in [0.1, 0.15) is 25.7 Å². The summed E-state index contributed by atoms with van der Waals surface area (Å²) in [6, 6.07) is 0. The van der Waals surface area contributed by atoms with E-state index in [4.69, 9.17) is 0 Å². The zero-order valence-electron chi connectivity index (χ0n) is 9.43. The van der Waals surface area contributed by atoms with Crippen LogP contribution in [-0.4, -0.2) is 47.5 Å². The molecule has 100 valence electrons. The Morgan fingerprint density at radius 1 is 1.41 bits per heavy atom. The summed E-state index contributed by atoms with van der Waals surface area (Å²) in [6.07, 6.45) is -1.76. The molecule has 1 amide bonds. The highest BCUT2D eigenvalue weighted by Crippen LogP contribution is 2.31.